The van der Waals surface area contributed by atoms with E-state index in [0.717, 1.165) is 17.0 Å². The summed E-state index contributed by atoms with van der Waals surface area (Å²) in [4.78, 5) is 15.7. The fourth-order valence-electron chi connectivity index (χ4n) is 1.52. The van der Waals surface area contributed by atoms with E-state index in [9.17, 15) is 4.79 Å². The van der Waals surface area contributed by atoms with Gasteiger partial charge in [0.15, 0.2) is 5.13 Å². The summed E-state index contributed by atoms with van der Waals surface area (Å²) in [6.45, 7) is 1.81. The first kappa shape index (κ1) is 12.6. The molecular formula is C13H14N2O2S. The number of methoxy groups -OCH3 is 1. The van der Waals surface area contributed by atoms with Gasteiger partial charge in [-0.3, -0.25) is 4.79 Å². The third-order valence-corrected chi connectivity index (χ3v) is 3.21. The number of benzene rings is 1. The first-order chi connectivity index (χ1) is 8.74. The van der Waals surface area contributed by atoms with Gasteiger partial charge in [-0.2, -0.15) is 0 Å². The Morgan fingerprint density at radius 2 is 2.22 bits per heavy atom. The van der Waals surface area contributed by atoms with Crippen LogP contribution < -0.4 is 10.1 Å². The second kappa shape index (κ2) is 5.64. The maximum atomic E-state index is 11.3. The lowest BCUT2D eigenvalue weighted by Gasteiger charge is -2.04. The van der Waals surface area contributed by atoms with Crippen molar-refractivity contribution in [1.29, 1.82) is 0 Å². The largest absolute Gasteiger partial charge is 0.496 e. The lowest BCUT2D eigenvalue weighted by atomic mass is 10.1. The lowest BCUT2D eigenvalue weighted by Crippen LogP contribution is -2.08. The normalized spacial score (nSPS) is 10.1. The summed E-state index contributed by atoms with van der Waals surface area (Å²) in [6.07, 6.45) is 0.448. The highest BCUT2D eigenvalue weighted by atomic mass is 32.1. The molecule has 0 unspecified atom stereocenters. The molecule has 1 aromatic carbocycles. The van der Waals surface area contributed by atoms with Crippen LogP contribution in [0, 0.1) is 0 Å². The third-order valence-electron chi connectivity index (χ3n) is 2.45. The number of hydrogen-bond donors (Lipinski definition) is 1. The van der Waals surface area contributed by atoms with Gasteiger partial charge in [0.1, 0.15) is 5.75 Å². The summed E-state index contributed by atoms with van der Waals surface area (Å²) < 4.78 is 5.29. The molecule has 5 heteroatoms. The maximum Gasteiger partial charge on any atom is 0.225 e. The van der Waals surface area contributed by atoms with Crippen LogP contribution in [-0.2, 0) is 4.79 Å². The number of thiazole rings is 1. The molecule has 4 nitrogen and oxygen atoms in total. The minimum atomic E-state index is -0.0315. The molecule has 0 aliphatic rings. The zero-order chi connectivity index (χ0) is 13.0. The summed E-state index contributed by atoms with van der Waals surface area (Å²) >= 11 is 1.41. The number of hydrogen-bond acceptors (Lipinski definition) is 4. The van der Waals surface area contributed by atoms with Crippen molar-refractivity contribution in [3.05, 3.63) is 29.6 Å². The summed E-state index contributed by atoms with van der Waals surface area (Å²) in [5.41, 5.74) is 1.73. The monoisotopic (exact) mass is 262 g/mol. The fourth-order valence-corrected chi connectivity index (χ4v) is 2.25. The van der Waals surface area contributed by atoms with Crippen LogP contribution in [0.5, 0.6) is 5.75 Å². The molecular weight excluding hydrogens is 248 g/mol. The first-order valence-electron chi connectivity index (χ1n) is 5.63. The Labute approximate surface area is 110 Å². The van der Waals surface area contributed by atoms with E-state index in [-0.39, 0.29) is 5.91 Å². The summed E-state index contributed by atoms with van der Waals surface area (Å²) in [5.74, 6) is 0.743. The Kier molecular flexibility index (Phi) is 3.94. The Morgan fingerprint density at radius 3 is 2.94 bits per heavy atom. The van der Waals surface area contributed by atoms with E-state index in [1.165, 1.54) is 11.3 Å². The van der Waals surface area contributed by atoms with Crippen molar-refractivity contribution in [2.45, 2.75) is 13.3 Å². The number of aromatic nitrogens is 1. The Morgan fingerprint density at radius 1 is 1.44 bits per heavy atom. The molecule has 0 saturated heterocycles. The predicted octanol–water partition coefficient (Wildman–Crippen LogP) is 3.17. The van der Waals surface area contributed by atoms with Gasteiger partial charge in [-0.25, -0.2) is 4.98 Å². The van der Waals surface area contributed by atoms with Crippen LogP contribution in [0.25, 0.3) is 11.3 Å². The molecule has 1 N–H and O–H groups in total. The fraction of sp³-hybridized carbons (Fsp3) is 0.231. The third kappa shape index (κ3) is 2.68. The molecule has 0 aliphatic carbocycles. The van der Waals surface area contributed by atoms with Crippen molar-refractivity contribution in [2.24, 2.45) is 0 Å². The van der Waals surface area contributed by atoms with Crippen LogP contribution in [0.4, 0.5) is 5.13 Å². The number of carbonyl (C=O) groups excluding carboxylic acids is 1. The van der Waals surface area contributed by atoms with E-state index in [0.29, 0.717) is 11.6 Å². The molecule has 0 aliphatic heterocycles. The van der Waals surface area contributed by atoms with Crippen LogP contribution >= 0.6 is 11.3 Å². The van der Waals surface area contributed by atoms with E-state index < -0.39 is 0 Å². The second-order valence-electron chi connectivity index (χ2n) is 3.64. The number of nitrogens with zero attached hydrogens (tertiary/aromatic N) is 1. The minimum absolute atomic E-state index is 0.0315. The number of anilines is 1. The average Bonchev–Trinajstić information content (AvgIpc) is 2.86. The van der Waals surface area contributed by atoms with Crippen LogP contribution in [0.15, 0.2) is 29.6 Å². The van der Waals surface area contributed by atoms with Crippen LogP contribution in [0.2, 0.25) is 0 Å². The molecule has 0 fully saturated rings. The van der Waals surface area contributed by atoms with Crippen molar-refractivity contribution in [3.8, 4) is 17.0 Å². The number of ether oxygens (including phenoxy) is 1. The molecule has 0 radical (unpaired) electrons. The Bertz CT molecular complexity index is 551. The quantitative estimate of drug-likeness (QED) is 0.920. The van der Waals surface area contributed by atoms with Crippen LogP contribution in [0.3, 0.4) is 0 Å². The van der Waals surface area contributed by atoms with Crippen molar-refractivity contribution in [2.75, 3.05) is 12.4 Å². The van der Waals surface area contributed by atoms with Gasteiger partial charge in [0, 0.05) is 17.4 Å². The topological polar surface area (TPSA) is 51.2 Å². The van der Waals surface area contributed by atoms with Gasteiger partial charge in [-0.05, 0) is 12.1 Å². The van der Waals surface area contributed by atoms with Crippen molar-refractivity contribution >= 4 is 22.4 Å². The molecule has 0 atom stereocenters. The number of carbonyl (C=O) groups is 1. The highest BCUT2D eigenvalue weighted by Crippen LogP contribution is 2.31. The van der Waals surface area contributed by atoms with Crippen molar-refractivity contribution in [1.82, 2.24) is 4.98 Å². The van der Waals surface area contributed by atoms with Crippen molar-refractivity contribution in [3.63, 3.8) is 0 Å². The Balaban J connectivity index is 2.26. The van der Waals surface area contributed by atoms with Crippen LogP contribution in [-0.4, -0.2) is 18.0 Å². The number of amides is 1. The highest BCUT2D eigenvalue weighted by molar-refractivity contribution is 7.14. The van der Waals surface area contributed by atoms with Gasteiger partial charge in [0.25, 0.3) is 0 Å². The molecule has 2 rings (SSSR count). The first-order valence-corrected chi connectivity index (χ1v) is 6.51. The van der Waals surface area contributed by atoms with Gasteiger partial charge < -0.3 is 10.1 Å². The molecule has 1 heterocycles. The molecule has 0 bridgehead atoms. The molecule has 1 aromatic heterocycles. The summed E-state index contributed by atoms with van der Waals surface area (Å²) in [6, 6.07) is 7.67. The van der Waals surface area contributed by atoms with Gasteiger partial charge in [-0.1, -0.05) is 19.1 Å². The molecule has 2 aromatic rings. The highest BCUT2D eigenvalue weighted by Gasteiger charge is 2.10. The molecule has 1 amide bonds. The van der Waals surface area contributed by atoms with Crippen LogP contribution in [0.1, 0.15) is 13.3 Å². The SMILES string of the molecule is CCC(=O)Nc1nc(-c2ccccc2OC)cs1. The number of nitrogens with one attached hydrogen (secondary N) is 1. The smallest absolute Gasteiger partial charge is 0.225 e. The zero-order valence-corrected chi connectivity index (χ0v) is 11.1. The summed E-state index contributed by atoms with van der Waals surface area (Å²) in [5, 5.41) is 5.27. The number of para-hydroxylation sites is 1. The van der Waals surface area contributed by atoms with Gasteiger partial charge in [0.05, 0.1) is 12.8 Å². The molecule has 18 heavy (non-hydrogen) atoms. The standard InChI is InChI=1S/C13H14N2O2S/c1-3-12(16)15-13-14-10(8-18-13)9-6-4-5-7-11(9)17-2/h4-8H,3H2,1-2H3,(H,14,15,16). The minimum Gasteiger partial charge on any atom is -0.496 e. The molecule has 94 valence electrons. The molecule has 0 spiro atoms. The lowest BCUT2D eigenvalue weighted by molar-refractivity contribution is -0.115. The van der Waals surface area contributed by atoms with E-state index in [1.807, 2.05) is 36.6 Å². The van der Waals surface area contributed by atoms with Crippen molar-refractivity contribution < 1.29 is 9.53 Å². The van der Waals surface area contributed by atoms with Gasteiger partial charge >= 0.3 is 0 Å². The van der Waals surface area contributed by atoms with Gasteiger partial charge in [0.2, 0.25) is 5.91 Å². The van der Waals surface area contributed by atoms with E-state index in [4.69, 9.17) is 4.74 Å². The average molecular weight is 262 g/mol. The maximum absolute atomic E-state index is 11.3. The molecule has 0 saturated carbocycles. The van der Waals surface area contributed by atoms with Gasteiger partial charge in [-0.15, -0.1) is 11.3 Å². The van der Waals surface area contributed by atoms with E-state index in [1.54, 1.807) is 7.11 Å². The predicted molar refractivity (Wildman–Crippen MR) is 73.0 cm³/mol. The zero-order valence-electron chi connectivity index (χ0n) is 10.3. The Hall–Kier alpha value is -1.88. The number of rotatable bonds is 4. The second-order valence-corrected chi connectivity index (χ2v) is 4.50. The van der Waals surface area contributed by atoms with E-state index in [2.05, 4.69) is 10.3 Å². The summed E-state index contributed by atoms with van der Waals surface area (Å²) in [7, 11) is 1.63. The van der Waals surface area contributed by atoms with E-state index >= 15 is 0 Å².